The van der Waals surface area contributed by atoms with Crippen molar-refractivity contribution in [1.82, 2.24) is 5.32 Å². The van der Waals surface area contributed by atoms with Crippen LogP contribution in [0.15, 0.2) is 48.5 Å². The van der Waals surface area contributed by atoms with Crippen LogP contribution in [0.3, 0.4) is 0 Å². The Morgan fingerprint density at radius 2 is 1.96 bits per heavy atom. The first-order valence-electron chi connectivity index (χ1n) is 7.37. The summed E-state index contributed by atoms with van der Waals surface area (Å²) in [5.74, 6) is -0.719. The fourth-order valence-corrected chi connectivity index (χ4v) is 2.27. The Hall–Kier alpha value is -2.40. The van der Waals surface area contributed by atoms with E-state index in [4.69, 9.17) is 4.74 Å². The SMILES string of the molecule is COc1ccc(F)cc1C(=O)NC(C)C(O)Cc1ccccc1. The summed E-state index contributed by atoms with van der Waals surface area (Å²) >= 11 is 0. The van der Waals surface area contributed by atoms with Crippen molar-refractivity contribution in [3.63, 3.8) is 0 Å². The highest BCUT2D eigenvalue weighted by Gasteiger charge is 2.20. The Balaban J connectivity index is 2.03. The van der Waals surface area contributed by atoms with Gasteiger partial charge in [0.15, 0.2) is 0 Å². The fourth-order valence-electron chi connectivity index (χ4n) is 2.27. The third-order valence-electron chi connectivity index (χ3n) is 3.63. The number of halogens is 1. The minimum Gasteiger partial charge on any atom is -0.496 e. The number of carbonyl (C=O) groups is 1. The van der Waals surface area contributed by atoms with E-state index in [9.17, 15) is 14.3 Å². The zero-order valence-corrected chi connectivity index (χ0v) is 13.1. The topological polar surface area (TPSA) is 58.6 Å². The lowest BCUT2D eigenvalue weighted by Gasteiger charge is -2.21. The molecule has 5 heteroatoms. The van der Waals surface area contributed by atoms with Gasteiger partial charge < -0.3 is 15.2 Å². The normalized spacial score (nSPS) is 13.2. The Morgan fingerprint density at radius 1 is 1.26 bits per heavy atom. The maximum absolute atomic E-state index is 13.3. The van der Waals surface area contributed by atoms with Crippen LogP contribution < -0.4 is 10.1 Å². The zero-order valence-electron chi connectivity index (χ0n) is 13.1. The van der Waals surface area contributed by atoms with E-state index in [2.05, 4.69) is 5.32 Å². The van der Waals surface area contributed by atoms with Gasteiger partial charge in [-0.2, -0.15) is 0 Å². The molecule has 2 atom stereocenters. The smallest absolute Gasteiger partial charge is 0.255 e. The van der Waals surface area contributed by atoms with Gasteiger partial charge in [-0.05, 0) is 30.7 Å². The molecule has 4 nitrogen and oxygen atoms in total. The number of nitrogens with one attached hydrogen (secondary N) is 1. The van der Waals surface area contributed by atoms with Gasteiger partial charge >= 0.3 is 0 Å². The number of carbonyl (C=O) groups excluding carboxylic acids is 1. The van der Waals surface area contributed by atoms with E-state index in [0.717, 1.165) is 11.6 Å². The maximum atomic E-state index is 13.3. The van der Waals surface area contributed by atoms with Crippen LogP contribution in [0.5, 0.6) is 5.75 Å². The molecule has 0 aliphatic carbocycles. The van der Waals surface area contributed by atoms with Crippen molar-refractivity contribution < 1.29 is 19.0 Å². The van der Waals surface area contributed by atoms with Crippen LogP contribution in [-0.4, -0.2) is 30.3 Å². The summed E-state index contributed by atoms with van der Waals surface area (Å²) < 4.78 is 18.4. The lowest BCUT2D eigenvalue weighted by molar-refractivity contribution is 0.0848. The van der Waals surface area contributed by atoms with Gasteiger partial charge in [0.05, 0.1) is 24.8 Å². The highest BCUT2D eigenvalue weighted by atomic mass is 19.1. The Morgan fingerprint density at radius 3 is 2.61 bits per heavy atom. The van der Waals surface area contributed by atoms with Crippen LogP contribution in [0, 0.1) is 5.82 Å². The van der Waals surface area contributed by atoms with Crippen LogP contribution in [0.25, 0.3) is 0 Å². The molecule has 0 aromatic heterocycles. The van der Waals surface area contributed by atoms with E-state index >= 15 is 0 Å². The molecule has 2 unspecified atom stereocenters. The van der Waals surface area contributed by atoms with Crippen LogP contribution >= 0.6 is 0 Å². The van der Waals surface area contributed by atoms with Crippen LogP contribution in [0.1, 0.15) is 22.8 Å². The summed E-state index contributed by atoms with van der Waals surface area (Å²) in [4.78, 5) is 12.3. The minimum atomic E-state index is -0.749. The molecule has 2 aromatic rings. The van der Waals surface area contributed by atoms with Gasteiger partial charge in [0, 0.05) is 6.42 Å². The zero-order chi connectivity index (χ0) is 16.8. The fraction of sp³-hybridized carbons (Fsp3) is 0.278. The highest BCUT2D eigenvalue weighted by molar-refractivity contribution is 5.97. The van der Waals surface area contributed by atoms with Crippen molar-refractivity contribution in [2.24, 2.45) is 0 Å². The van der Waals surface area contributed by atoms with Crippen molar-refractivity contribution >= 4 is 5.91 Å². The summed E-state index contributed by atoms with van der Waals surface area (Å²) in [5, 5.41) is 12.9. The molecule has 0 fully saturated rings. The summed E-state index contributed by atoms with van der Waals surface area (Å²) in [7, 11) is 1.41. The summed E-state index contributed by atoms with van der Waals surface area (Å²) in [6.07, 6.45) is -0.330. The molecule has 23 heavy (non-hydrogen) atoms. The van der Waals surface area contributed by atoms with Crippen molar-refractivity contribution in [3.8, 4) is 5.75 Å². The Kier molecular flexibility index (Phi) is 5.71. The van der Waals surface area contributed by atoms with E-state index in [1.54, 1.807) is 6.92 Å². The molecular formula is C18H20FNO3. The lowest BCUT2D eigenvalue weighted by atomic mass is 10.0. The average molecular weight is 317 g/mol. The second-order valence-electron chi connectivity index (χ2n) is 5.36. The van der Waals surface area contributed by atoms with Gasteiger partial charge in [-0.1, -0.05) is 30.3 Å². The number of rotatable bonds is 6. The number of methoxy groups -OCH3 is 1. The number of ether oxygens (including phenoxy) is 1. The maximum Gasteiger partial charge on any atom is 0.255 e. The molecule has 0 bridgehead atoms. The van der Waals surface area contributed by atoms with Gasteiger partial charge in [-0.25, -0.2) is 4.39 Å². The number of amides is 1. The first-order chi connectivity index (χ1) is 11.0. The third-order valence-corrected chi connectivity index (χ3v) is 3.63. The number of hydrogen-bond acceptors (Lipinski definition) is 3. The largest absolute Gasteiger partial charge is 0.496 e. The molecule has 2 aromatic carbocycles. The average Bonchev–Trinajstić information content (AvgIpc) is 2.55. The van der Waals surface area contributed by atoms with Crippen LogP contribution in [-0.2, 0) is 6.42 Å². The quantitative estimate of drug-likeness (QED) is 0.861. The second-order valence-corrected chi connectivity index (χ2v) is 5.36. The van der Waals surface area contributed by atoms with Gasteiger partial charge in [-0.3, -0.25) is 4.79 Å². The van der Waals surface area contributed by atoms with Crippen molar-refractivity contribution in [2.45, 2.75) is 25.5 Å². The molecule has 2 N–H and O–H groups in total. The standard InChI is InChI=1S/C18H20FNO3/c1-12(16(21)10-13-6-4-3-5-7-13)20-18(22)15-11-14(19)8-9-17(15)23-2/h3-9,11-12,16,21H,10H2,1-2H3,(H,20,22). The number of hydrogen-bond donors (Lipinski definition) is 2. The van der Waals surface area contributed by atoms with E-state index in [0.29, 0.717) is 6.42 Å². The van der Waals surface area contributed by atoms with Gasteiger partial charge in [0.25, 0.3) is 5.91 Å². The number of benzene rings is 2. The molecule has 0 aliphatic rings. The van der Waals surface area contributed by atoms with Gasteiger partial charge in [0.2, 0.25) is 0 Å². The minimum absolute atomic E-state index is 0.103. The van der Waals surface area contributed by atoms with E-state index in [1.165, 1.54) is 19.2 Å². The summed E-state index contributed by atoms with van der Waals surface area (Å²) in [6, 6.07) is 12.8. The summed E-state index contributed by atoms with van der Waals surface area (Å²) in [5.41, 5.74) is 1.08. The molecule has 0 aliphatic heterocycles. The predicted octanol–water partition coefficient (Wildman–Crippen LogP) is 2.56. The van der Waals surface area contributed by atoms with Crippen molar-refractivity contribution in [1.29, 1.82) is 0 Å². The molecule has 0 saturated heterocycles. The van der Waals surface area contributed by atoms with Gasteiger partial charge in [0.1, 0.15) is 11.6 Å². The number of aliphatic hydroxyl groups excluding tert-OH is 1. The molecule has 2 rings (SSSR count). The predicted molar refractivity (Wildman–Crippen MR) is 86.0 cm³/mol. The molecule has 122 valence electrons. The summed E-state index contributed by atoms with van der Waals surface area (Å²) in [6.45, 7) is 1.71. The van der Waals surface area contributed by atoms with Crippen molar-refractivity contribution in [2.75, 3.05) is 7.11 Å². The first-order valence-corrected chi connectivity index (χ1v) is 7.37. The molecular weight excluding hydrogens is 297 g/mol. The molecule has 0 radical (unpaired) electrons. The lowest BCUT2D eigenvalue weighted by Crippen LogP contribution is -2.42. The molecule has 0 heterocycles. The van der Waals surface area contributed by atoms with E-state index < -0.39 is 23.9 Å². The van der Waals surface area contributed by atoms with Gasteiger partial charge in [-0.15, -0.1) is 0 Å². The molecule has 0 spiro atoms. The number of aliphatic hydroxyl groups is 1. The first kappa shape index (κ1) is 17.0. The van der Waals surface area contributed by atoms with Crippen molar-refractivity contribution in [3.05, 3.63) is 65.5 Å². The third kappa shape index (κ3) is 4.53. The highest BCUT2D eigenvalue weighted by Crippen LogP contribution is 2.19. The molecule has 0 saturated carbocycles. The monoisotopic (exact) mass is 317 g/mol. The van der Waals surface area contributed by atoms with Crippen LogP contribution in [0.2, 0.25) is 0 Å². The van der Waals surface area contributed by atoms with E-state index in [1.807, 2.05) is 30.3 Å². The van der Waals surface area contributed by atoms with Crippen LogP contribution in [0.4, 0.5) is 4.39 Å². The Bertz CT molecular complexity index is 661. The molecule has 1 amide bonds. The Labute approximate surface area is 134 Å². The second kappa shape index (κ2) is 7.74. The van der Waals surface area contributed by atoms with E-state index in [-0.39, 0.29) is 11.3 Å².